The molecular weight excluding hydrogens is 456 g/mol. The summed E-state index contributed by atoms with van der Waals surface area (Å²) in [5.74, 6) is 1.08. The van der Waals surface area contributed by atoms with Crippen LogP contribution in [0.15, 0.2) is 71.6 Å². The lowest BCUT2D eigenvalue weighted by Gasteiger charge is -2.25. The molecule has 1 aliphatic heterocycles. The van der Waals surface area contributed by atoms with Crippen LogP contribution >= 0.6 is 0 Å². The van der Waals surface area contributed by atoms with Gasteiger partial charge in [0.15, 0.2) is 11.5 Å². The molecule has 3 aromatic carbocycles. The van der Waals surface area contributed by atoms with Gasteiger partial charge in [-0.2, -0.15) is 0 Å². The maximum Gasteiger partial charge on any atom is 0.264 e. The van der Waals surface area contributed by atoms with Gasteiger partial charge in [-0.25, -0.2) is 8.42 Å². The van der Waals surface area contributed by atoms with Crippen LogP contribution in [0.5, 0.6) is 17.2 Å². The Bertz CT molecular complexity index is 1270. The molecule has 34 heavy (non-hydrogen) atoms. The van der Waals surface area contributed by atoms with Crippen molar-refractivity contribution in [2.75, 3.05) is 31.2 Å². The number of hydrogen-bond acceptors (Lipinski definition) is 6. The van der Waals surface area contributed by atoms with E-state index in [1.165, 1.54) is 12.1 Å². The number of hydrogen-bond donors (Lipinski definition) is 1. The number of benzene rings is 3. The summed E-state index contributed by atoms with van der Waals surface area (Å²) in [5.41, 5.74) is 2.20. The molecule has 1 amide bonds. The highest BCUT2D eigenvalue weighted by Crippen LogP contribution is 2.34. The van der Waals surface area contributed by atoms with E-state index in [0.717, 1.165) is 15.4 Å². The van der Waals surface area contributed by atoms with Gasteiger partial charge >= 0.3 is 0 Å². The monoisotopic (exact) mass is 482 g/mol. The lowest BCUT2D eigenvalue weighted by Crippen LogP contribution is -2.40. The Hall–Kier alpha value is -3.72. The van der Waals surface area contributed by atoms with Crippen LogP contribution in [0.1, 0.15) is 11.1 Å². The van der Waals surface area contributed by atoms with Crippen molar-refractivity contribution in [1.29, 1.82) is 0 Å². The molecule has 0 unspecified atom stereocenters. The first-order valence-corrected chi connectivity index (χ1v) is 12.2. The Morgan fingerprint density at radius 3 is 2.47 bits per heavy atom. The minimum absolute atomic E-state index is 0.0120. The van der Waals surface area contributed by atoms with Gasteiger partial charge in [0.2, 0.25) is 5.91 Å². The minimum atomic E-state index is -4.07. The number of sulfonamides is 1. The van der Waals surface area contributed by atoms with E-state index in [4.69, 9.17) is 14.2 Å². The van der Waals surface area contributed by atoms with Crippen LogP contribution in [-0.4, -0.2) is 41.2 Å². The lowest BCUT2D eigenvalue weighted by molar-refractivity contribution is -0.119. The van der Waals surface area contributed by atoms with Gasteiger partial charge in [0.1, 0.15) is 25.5 Å². The third-order valence-electron chi connectivity index (χ3n) is 5.33. The second-order valence-corrected chi connectivity index (χ2v) is 9.64. The van der Waals surface area contributed by atoms with Gasteiger partial charge in [0.05, 0.1) is 17.7 Å². The summed E-state index contributed by atoms with van der Waals surface area (Å²) in [6, 6.07) is 18.7. The van der Waals surface area contributed by atoms with Crippen LogP contribution in [0.4, 0.5) is 5.69 Å². The van der Waals surface area contributed by atoms with Crippen LogP contribution < -0.4 is 23.8 Å². The van der Waals surface area contributed by atoms with E-state index in [2.05, 4.69) is 5.32 Å². The summed E-state index contributed by atoms with van der Waals surface area (Å²) >= 11 is 0. The number of carbonyl (C=O) groups excluding carboxylic acids is 1. The van der Waals surface area contributed by atoms with Crippen molar-refractivity contribution in [2.24, 2.45) is 0 Å². The van der Waals surface area contributed by atoms with E-state index in [-0.39, 0.29) is 18.0 Å². The highest BCUT2D eigenvalue weighted by Gasteiger charge is 2.29. The molecule has 0 aromatic heterocycles. The van der Waals surface area contributed by atoms with Gasteiger partial charge in [-0.1, -0.05) is 29.8 Å². The highest BCUT2D eigenvalue weighted by molar-refractivity contribution is 7.92. The summed E-state index contributed by atoms with van der Waals surface area (Å²) in [6.45, 7) is 2.50. The van der Waals surface area contributed by atoms with Crippen LogP contribution in [0.2, 0.25) is 0 Å². The van der Waals surface area contributed by atoms with Crippen LogP contribution in [-0.2, 0) is 21.4 Å². The number of carbonyl (C=O) groups is 1. The second kappa shape index (κ2) is 10.0. The fourth-order valence-corrected chi connectivity index (χ4v) is 4.94. The molecule has 8 nitrogen and oxygen atoms in total. The molecule has 0 saturated carbocycles. The maximum absolute atomic E-state index is 13.6. The molecule has 0 fully saturated rings. The zero-order valence-corrected chi connectivity index (χ0v) is 19.8. The Labute approximate surface area is 199 Å². The first-order chi connectivity index (χ1) is 16.4. The van der Waals surface area contributed by atoms with Crippen LogP contribution in [0.25, 0.3) is 0 Å². The quantitative estimate of drug-likeness (QED) is 0.530. The average Bonchev–Trinajstić information content (AvgIpc) is 2.86. The van der Waals surface area contributed by atoms with Crippen molar-refractivity contribution in [3.05, 3.63) is 77.9 Å². The summed E-state index contributed by atoms with van der Waals surface area (Å²) in [4.78, 5) is 12.9. The van der Waals surface area contributed by atoms with Crippen LogP contribution in [0, 0.1) is 6.92 Å². The molecule has 0 saturated heterocycles. The zero-order valence-electron chi connectivity index (χ0n) is 19.0. The van der Waals surface area contributed by atoms with E-state index in [0.29, 0.717) is 36.1 Å². The van der Waals surface area contributed by atoms with E-state index in [1.807, 2.05) is 31.2 Å². The summed E-state index contributed by atoms with van der Waals surface area (Å²) in [6.07, 6.45) is 0. The van der Waals surface area contributed by atoms with Crippen molar-refractivity contribution < 1.29 is 27.4 Å². The molecule has 0 aliphatic carbocycles. The Morgan fingerprint density at radius 1 is 1.00 bits per heavy atom. The molecule has 4 rings (SSSR count). The molecule has 0 spiro atoms. The number of fused-ring (bicyclic) bond motifs is 1. The average molecular weight is 483 g/mol. The predicted molar refractivity (Wildman–Crippen MR) is 128 cm³/mol. The topological polar surface area (TPSA) is 94.2 Å². The zero-order chi connectivity index (χ0) is 24.1. The standard InChI is InChI=1S/C25H26N2O6S/c1-18-6-8-20(9-7-18)27(17-25(28)26-16-19-4-3-5-21(14-19)31-2)34(29,30)22-10-11-23-24(15-22)33-13-12-32-23/h3-11,14-15H,12-13,16-17H2,1-2H3,(H,26,28). The van der Waals surface area contributed by atoms with E-state index >= 15 is 0 Å². The molecular formula is C25H26N2O6S. The van der Waals surface area contributed by atoms with Gasteiger partial charge in [-0.3, -0.25) is 9.10 Å². The molecule has 0 atom stereocenters. The molecule has 0 bridgehead atoms. The first-order valence-electron chi connectivity index (χ1n) is 10.8. The van der Waals surface area contributed by atoms with E-state index < -0.39 is 15.9 Å². The van der Waals surface area contributed by atoms with Gasteiger partial charge < -0.3 is 19.5 Å². The Kier molecular flexibility index (Phi) is 6.93. The van der Waals surface area contributed by atoms with Crippen molar-refractivity contribution in [3.8, 4) is 17.2 Å². The number of anilines is 1. The molecule has 9 heteroatoms. The van der Waals surface area contributed by atoms with E-state index in [1.54, 1.807) is 37.4 Å². The molecule has 1 N–H and O–H groups in total. The smallest absolute Gasteiger partial charge is 0.264 e. The summed E-state index contributed by atoms with van der Waals surface area (Å²) in [5, 5.41) is 2.79. The number of ether oxygens (including phenoxy) is 3. The molecule has 0 radical (unpaired) electrons. The second-order valence-electron chi connectivity index (χ2n) is 7.78. The fraction of sp³-hybridized carbons (Fsp3) is 0.240. The Morgan fingerprint density at radius 2 is 1.74 bits per heavy atom. The maximum atomic E-state index is 13.6. The third kappa shape index (κ3) is 5.26. The molecule has 1 heterocycles. The van der Waals surface area contributed by atoms with Crippen molar-refractivity contribution in [2.45, 2.75) is 18.4 Å². The van der Waals surface area contributed by atoms with Crippen molar-refractivity contribution >= 4 is 21.6 Å². The lowest BCUT2D eigenvalue weighted by atomic mass is 10.2. The number of nitrogens with zero attached hydrogens (tertiary/aromatic N) is 1. The SMILES string of the molecule is COc1cccc(CNC(=O)CN(c2ccc(C)cc2)S(=O)(=O)c2ccc3c(c2)OCCO3)c1. The predicted octanol–water partition coefficient (Wildman–Crippen LogP) is 3.29. The fourth-order valence-electron chi connectivity index (χ4n) is 3.51. The number of rotatable bonds is 8. The number of methoxy groups -OCH3 is 1. The minimum Gasteiger partial charge on any atom is -0.497 e. The largest absolute Gasteiger partial charge is 0.497 e. The van der Waals surface area contributed by atoms with Crippen molar-refractivity contribution in [1.82, 2.24) is 5.32 Å². The normalized spacial score (nSPS) is 12.6. The van der Waals surface area contributed by atoms with Crippen LogP contribution in [0.3, 0.4) is 0 Å². The number of amides is 1. The summed E-state index contributed by atoms with van der Waals surface area (Å²) in [7, 11) is -2.50. The van der Waals surface area contributed by atoms with Gasteiger partial charge in [-0.15, -0.1) is 0 Å². The van der Waals surface area contributed by atoms with Crippen molar-refractivity contribution in [3.63, 3.8) is 0 Å². The number of aryl methyl sites for hydroxylation is 1. The highest BCUT2D eigenvalue weighted by atomic mass is 32.2. The van der Waals surface area contributed by atoms with E-state index in [9.17, 15) is 13.2 Å². The first kappa shape index (κ1) is 23.4. The van der Waals surface area contributed by atoms with Gasteiger partial charge in [0, 0.05) is 12.6 Å². The Balaban J connectivity index is 1.59. The number of nitrogens with one attached hydrogen (secondary N) is 1. The third-order valence-corrected chi connectivity index (χ3v) is 7.10. The summed E-state index contributed by atoms with van der Waals surface area (Å²) < 4.78 is 44.6. The molecule has 1 aliphatic rings. The van der Waals surface area contributed by atoms with Gasteiger partial charge in [0.25, 0.3) is 10.0 Å². The van der Waals surface area contributed by atoms with Gasteiger partial charge in [-0.05, 0) is 48.9 Å². The molecule has 3 aromatic rings. The molecule has 178 valence electrons.